The summed E-state index contributed by atoms with van der Waals surface area (Å²) in [4.78, 5) is 4.12. The Bertz CT molecular complexity index is 291. The van der Waals surface area contributed by atoms with E-state index in [1.54, 1.807) is 6.07 Å². The normalized spacial score (nSPS) is 9.79. The molecule has 76 valence electrons. The highest BCUT2D eigenvalue weighted by Crippen LogP contribution is 2.09. The van der Waals surface area contributed by atoms with E-state index >= 15 is 0 Å². The fourth-order valence-corrected chi connectivity index (χ4v) is 1.67. The van der Waals surface area contributed by atoms with E-state index in [0.717, 1.165) is 23.9 Å². The van der Waals surface area contributed by atoms with Gasteiger partial charge in [-0.15, -0.1) is 6.58 Å². The molecule has 1 rings (SSSR count). The van der Waals surface area contributed by atoms with Crippen LogP contribution in [0.5, 0.6) is 0 Å². The molecule has 14 heavy (non-hydrogen) atoms. The van der Waals surface area contributed by atoms with E-state index in [2.05, 4.69) is 16.9 Å². The Morgan fingerprint density at radius 3 is 3.14 bits per heavy atom. The second-order valence-electron chi connectivity index (χ2n) is 2.64. The first-order valence-corrected chi connectivity index (χ1v) is 5.91. The molecule has 0 bridgehead atoms. The van der Waals surface area contributed by atoms with Crippen LogP contribution >= 0.6 is 23.4 Å². The van der Waals surface area contributed by atoms with Crippen LogP contribution in [-0.4, -0.2) is 23.0 Å². The third-order valence-electron chi connectivity index (χ3n) is 1.50. The molecule has 1 N–H and O–H groups in total. The summed E-state index contributed by atoms with van der Waals surface area (Å²) in [6, 6.07) is 5.55. The summed E-state index contributed by atoms with van der Waals surface area (Å²) in [5, 5.41) is 3.72. The lowest BCUT2D eigenvalue weighted by molar-refractivity contribution is 1.17. The van der Waals surface area contributed by atoms with Crippen molar-refractivity contribution in [3.05, 3.63) is 36.0 Å². The molecule has 0 saturated heterocycles. The zero-order valence-electron chi connectivity index (χ0n) is 7.87. The molecule has 0 spiro atoms. The van der Waals surface area contributed by atoms with E-state index in [1.165, 1.54) is 0 Å². The van der Waals surface area contributed by atoms with Gasteiger partial charge in [0.25, 0.3) is 0 Å². The van der Waals surface area contributed by atoms with E-state index in [-0.39, 0.29) is 0 Å². The van der Waals surface area contributed by atoms with Gasteiger partial charge in [-0.1, -0.05) is 23.7 Å². The van der Waals surface area contributed by atoms with Crippen LogP contribution in [0.1, 0.15) is 0 Å². The molecule has 0 saturated carbocycles. The Hall–Kier alpha value is -0.670. The standard InChI is InChI=1S/C10H13ClN2S/c1-2-7-14-8-6-12-10-5-3-4-9(11)13-10/h2-5H,1,6-8H2,(H,12,13). The largest absolute Gasteiger partial charge is 0.369 e. The number of anilines is 1. The van der Waals surface area contributed by atoms with Crippen molar-refractivity contribution in [2.45, 2.75) is 0 Å². The number of hydrogen-bond donors (Lipinski definition) is 1. The van der Waals surface area contributed by atoms with Gasteiger partial charge in [0.15, 0.2) is 0 Å². The third-order valence-corrected chi connectivity index (χ3v) is 2.68. The van der Waals surface area contributed by atoms with Crippen LogP contribution in [0.4, 0.5) is 5.82 Å². The number of pyridine rings is 1. The molecule has 0 aliphatic heterocycles. The zero-order chi connectivity index (χ0) is 10.2. The number of nitrogens with one attached hydrogen (secondary N) is 1. The average molecular weight is 229 g/mol. The maximum Gasteiger partial charge on any atom is 0.131 e. The number of aromatic nitrogens is 1. The highest BCUT2D eigenvalue weighted by atomic mass is 35.5. The lowest BCUT2D eigenvalue weighted by Crippen LogP contribution is -2.05. The van der Waals surface area contributed by atoms with Crippen molar-refractivity contribution >= 4 is 29.2 Å². The predicted molar refractivity (Wildman–Crippen MR) is 65.3 cm³/mol. The van der Waals surface area contributed by atoms with E-state index in [1.807, 2.05) is 30.0 Å². The van der Waals surface area contributed by atoms with Gasteiger partial charge < -0.3 is 5.32 Å². The van der Waals surface area contributed by atoms with Gasteiger partial charge in [-0.2, -0.15) is 11.8 Å². The number of hydrogen-bond acceptors (Lipinski definition) is 3. The van der Waals surface area contributed by atoms with Crippen molar-refractivity contribution in [1.29, 1.82) is 0 Å². The molecule has 0 fully saturated rings. The average Bonchev–Trinajstić information content (AvgIpc) is 2.18. The van der Waals surface area contributed by atoms with Gasteiger partial charge >= 0.3 is 0 Å². The minimum absolute atomic E-state index is 0.522. The maximum atomic E-state index is 5.74. The van der Waals surface area contributed by atoms with Gasteiger partial charge in [-0.05, 0) is 12.1 Å². The minimum Gasteiger partial charge on any atom is -0.369 e. The van der Waals surface area contributed by atoms with Crippen LogP contribution in [-0.2, 0) is 0 Å². The van der Waals surface area contributed by atoms with Crippen LogP contribution < -0.4 is 5.32 Å². The van der Waals surface area contributed by atoms with E-state index in [9.17, 15) is 0 Å². The van der Waals surface area contributed by atoms with Crippen LogP contribution in [0.2, 0.25) is 5.15 Å². The SMILES string of the molecule is C=CCSCCNc1cccc(Cl)n1. The van der Waals surface area contributed by atoms with Crippen molar-refractivity contribution in [3.8, 4) is 0 Å². The Morgan fingerprint density at radius 2 is 2.43 bits per heavy atom. The summed E-state index contributed by atoms with van der Waals surface area (Å²) in [6.07, 6.45) is 1.91. The lowest BCUT2D eigenvalue weighted by atomic mass is 10.4. The molecule has 2 nitrogen and oxygen atoms in total. The van der Waals surface area contributed by atoms with Crippen LogP contribution in [0.3, 0.4) is 0 Å². The minimum atomic E-state index is 0.522. The number of nitrogens with zero attached hydrogens (tertiary/aromatic N) is 1. The van der Waals surface area contributed by atoms with E-state index in [0.29, 0.717) is 5.15 Å². The molecule has 0 unspecified atom stereocenters. The highest BCUT2D eigenvalue weighted by molar-refractivity contribution is 7.99. The Morgan fingerprint density at radius 1 is 1.57 bits per heavy atom. The molecule has 0 aliphatic rings. The maximum absolute atomic E-state index is 5.74. The molecule has 1 heterocycles. The first-order valence-electron chi connectivity index (χ1n) is 4.38. The Labute approximate surface area is 93.8 Å². The third kappa shape index (κ3) is 4.53. The predicted octanol–water partition coefficient (Wildman–Crippen LogP) is 3.07. The second-order valence-corrected chi connectivity index (χ2v) is 4.17. The molecule has 0 aliphatic carbocycles. The molecular formula is C10H13ClN2S. The fourth-order valence-electron chi connectivity index (χ4n) is 0.925. The molecule has 1 aromatic rings. The fraction of sp³-hybridized carbons (Fsp3) is 0.300. The number of rotatable bonds is 6. The highest BCUT2D eigenvalue weighted by Gasteiger charge is 1.93. The van der Waals surface area contributed by atoms with Gasteiger partial charge in [-0.25, -0.2) is 4.98 Å². The topological polar surface area (TPSA) is 24.9 Å². The van der Waals surface area contributed by atoms with Crippen molar-refractivity contribution in [2.75, 3.05) is 23.4 Å². The quantitative estimate of drug-likeness (QED) is 0.460. The van der Waals surface area contributed by atoms with Crippen LogP contribution in [0.15, 0.2) is 30.9 Å². The van der Waals surface area contributed by atoms with Crippen LogP contribution in [0, 0.1) is 0 Å². The monoisotopic (exact) mass is 228 g/mol. The van der Waals surface area contributed by atoms with Gasteiger partial charge in [0.1, 0.15) is 11.0 Å². The molecule has 0 radical (unpaired) electrons. The van der Waals surface area contributed by atoms with Gasteiger partial charge in [0.05, 0.1) is 0 Å². The van der Waals surface area contributed by atoms with Crippen molar-refractivity contribution in [2.24, 2.45) is 0 Å². The molecule has 1 aromatic heterocycles. The van der Waals surface area contributed by atoms with Crippen molar-refractivity contribution in [3.63, 3.8) is 0 Å². The Balaban J connectivity index is 2.21. The van der Waals surface area contributed by atoms with Gasteiger partial charge in [-0.3, -0.25) is 0 Å². The van der Waals surface area contributed by atoms with Crippen molar-refractivity contribution in [1.82, 2.24) is 4.98 Å². The van der Waals surface area contributed by atoms with E-state index in [4.69, 9.17) is 11.6 Å². The molecule has 0 atom stereocenters. The summed E-state index contributed by atoms with van der Waals surface area (Å²) >= 11 is 7.57. The van der Waals surface area contributed by atoms with E-state index < -0.39 is 0 Å². The molecule has 0 amide bonds. The summed E-state index contributed by atoms with van der Waals surface area (Å²) < 4.78 is 0. The van der Waals surface area contributed by atoms with Crippen LogP contribution in [0.25, 0.3) is 0 Å². The van der Waals surface area contributed by atoms with Gasteiger partial charge in [0, 0.05) is 18.1 Å². The number of halogens is 1. The number of thioether (sulfide) groups is 1. The first-order chi connectivity index (χ1) is 6.83. The molecule has 0 aromatic carbocycles. The molecular weight excluding hydrogens is 216 g/mol. The van der Waals surface area contributed by atoms with Gasteiger partial charge in [0.2, 0.25) is 0 Å². The summed E-state index contributed by atoms with van der Waals surface area (Å²) in [5.74, 6) is 2.86. The van der Waals surface area contributed by atoms with Crippen molar-refractivity contribution < 1.29 is 0 Å². The second kappa shape index (κ2) is 6.74. The summed E-state index contributed by atoms with van der Waals surface area (Å²) in [5.41, 5.74) is 0. The Kier molecular flexibility index (Phi) is 5.49. The summed E-state index contributed by atoms with van der Waals surface area (Å²) in [7, 11) is 0. The first kappa shape index (κ1) is 11.4. The molecule has 4 heteroatoms. The lowest BCUT2D eigenvalue weighted by Gasteiger charge is -2.04. The summed E-state index contributed by atoms with van der Waals surface area (Å²) in [6.45, 7) is 4.55. The zero-order valence-corrected chi connectivity index (χ0v) is 9.44. The smallest absolute Gasteiger partial charge is 0.131 e.